The van der Waals surface area contributed by atoms with Gasteiger partial charge in [0.05, 0.1) is 12.1 Å². The number of hydrogen-bond donors (Lipinski definition) is 0. The average molecular weight is 343 g/mol. The van der Waals surface area contributed by atoms with Crippen molar-refractivity contribution in [2.24, 2.45) is 0 Å². The molecule has 3 aromatic carbocycles. The van der Waals surface area contributed by atoms with Crippen molar-refractivity contribution in [2.75, 3.05) is 14.1 Å². The Morgan fingerprint density at radius 2 is 1.12 bits per heavy atom. The predicted octanol–water partition coefficient (Wildman–Crippen LogP) is 3.48. The molecule has 3 heteroatoms. The monoisotopic (exact) mass is 343 g/mol. The van der Waals surface area contributed by atoms with Gasteiger partial charge >= 0.3 is 6.48 Å². The van der Waals surface area contributed by atoms with Gasteiger partial charge in [-0.05, 0) is 12.5 Å². The van der Waals surface area contributed by atoms with E-state index in [4.69, 9.17) is 4.65 Å². The van der Waals surface area contributed by atoms with Crippen LogP contribution >= 0.6 is 0 Å². The first-order chi connectivity index (χ1) is 12.6. The van der Waals surface area contributed by atoms with Crippen LogP contribution in [0.1, 0.15) is 18.6 Å². The van der Waals surface area contributed by atoms with Crippen molar-refractivity contribution in [3.8, 4) is 0 Å². The smallest absolute Gasteiger partial charge is 0.392 e. The Labute approximate surface area is 156 Å². The van der Waals surface area contributed by atoms with Gasteiger partial charge in [0, 0.05) is 14.1 Å². The molecular formula is C23H26BNO. The molecule has 0 spiro atoms. The minimum Gasteiger partial charge on any atom is -0.521 e. The lowest BCUT2D eigenvalue weighted by molar-refractivity contribution is -0.808. The summed E-state index contributed by atoms with van der Waals surface area (Å²) in [5, 5.41) is 0. The maximum Gasteiger partial charge on any atom is 0.392 e. The molecule has 1 saturated heterocycles. The Kier molecular flexibility index (Phi) is 4.22. The van der Waals surface area contributed by atoms with Gasteiger partial charge in [-0.1, -0.05) is 91.0 Å². The standard InChI is InChI=1S/C23H26BNO/c1-19-23(20-13-7-4-8-14-20)26-24(25(19,2)3,21-15-9-5-10-16-21)22-17-11-6-12-18-22/h4-19,23H,1-3H3/t19-,23+/m1/s1. The molecule has 0 aliphatic carbocycles. The first-order valence-corrected chi connectivity index (χ1v) is 9.39. The third kappa shape index (κ3) is 2.43. The lowest BCUT2D eigenvalue weighted by Crippen LogP contribution is -2.76. The third-order valence-corrected chi connectivity index (χ3v) is 6.40. The molecule has 0 bridgehead atoms. The van der Waals surface area contributed by atoms with E-state index in [-0.39, 0.29) is 6.10 Å². The molecule has 0 amide bonds. The summed E-state index contributed by atoms with van der Waals surface area (Å²) >= 11 is 0. The van der Waals surface area contributed by atoms with Gasteiger partial charge in [-0.2, -0.15) is 0 Å². The molecule has 26 heavy (non-hydrogen) atoms. The fourth-order valence-corrected chi connectivity index (χ4v) is 4.71. The maximum atomic E-state index is 7.07. The summed E-state index contributed by atoms with van der Waals surface area (Å²) in [6.45, 7) is 0.898. The van der Waals surface area contributed by atoms with Gasteiger partial charge < -0.3 is 9.05 Å². The number of quaternary nitrogens is 1. The second-order valence-corrected chi connectivity index (χ2v) is 7.90. The van der Waals surface area contributed by atoms with Crippen LogP contribution in [0.4, 0.5) is 0 Å². The zero-order valence-electron chi connectivity index (χ0n) is 15.7. The van der Waals surface area contributed by atoms with Crippen molar-refractivity contribution in [1.82, 2.24) is 0 Å². The topological polar surface area (TPSA) is 9.23 Å². The maximum absolute atomic E-state index is 7.07. The van der Waals surface area contributed by atoms with Crippen molar-refractivity contribution < 1.29 is 9.05 Å². The molecule has 2 atom stereocenters. The number of nitrogens with zero attached hydrogens (tertiary/aromatic N) is 1. The highest BCUT2D eigenvalue weighted by atomic mass is 16.5. The fourth-order valence-electron chi connectivity index (χ4n) is 4.71. The summed E-state index contributed by atoms with van der Waals surface area (Å²) in [7, 11) is 4.63. The van der Waals surface area contributed by atoms with Crippen molar-refractivity contribution in [3.05, 3.63) is 96.6 Å². The van der Waals surface area contributed by atoms with E-state index >= 15 is 0 Å². The summed E-state index contributed by atoms with van der Waals surface area (Å²) in [6.07, 6.45) is 0.0617. The van der Waals surface area contributed by atoms with Gasteiger partial charge in [0.2, 0.25) is 0 Å². The Balaban J connectivity index is 1.94. The van der Waals surface area contributed by atoms with Crippen LogP contribution in [0.25, 0.3) is 0 Å². The van der Waals surface area contributed by atoms with Crippen molar-refractivity contribution in [2.45, 2.75) is 19.1 Å². The second kappa shape index (κ2) is 6.42. The van der Waals surface area contributed by atoms with Gasteiger partial charge in [-0.3, -0.25) is 0 Å². The highest BCUT2D eigenvalue weighted by molar-refractivity contribution is 6.92. The SMILES string of the molecule is C[C@@H]1[C@@H](c2ccccc2)O[B-](c2ccccc2)(c2ccccc2)[N+]1(C)C. The number of hydrogen-bond acceptors (Lipinski definition) is 1. The van der Waals surface area contributed by atoms with Crippen LogP contribution in [0.5, 0.6) is 0 Å². The van der Waals surface area contributed by atoms with Crippen LogP contribution in [-0.2, 0) is 4.65 Å². The molecule has 2 nitrogen and oxygen atoms in total. The first-order valence-electron chi connectivity index (χ1n) is 9.39. The van der Waals surface area contributed by atoms with E-state index < -0.39 is 6.48 Å². The Morgan fingerprint density at radius 3 is 1.58 bits per heavy atom. The van der Waals surface area contributed by atoms with Gasteiger partial charge in [0.15, 0.2) is 0 Å². The van der Waals surface area contributed by atoms with E-state index in [1.54, 1.807) is 0 Å². The van der Waals surface area contributed by atoms with Crippen molar-refractivity contribution >= 4 is 17.4 Å². The number of benzene rings is 3. The van der Waals surface area contributed by atoms with Crippen LogP contribution < -0.4 is 10.9 Å². The van der Waals surface area contributed by atoms with E-state index in [0.717, 1.165) is 4.39 Å². The zero-order valence-corrected chi connectivity index (χ0v) is 15.7. The van der Waals surface area contributed by atoms with E-state index in [2.05, 4.69) is 112 Å². The van der Waals surface area contributed by atoms with Crippen LogP contribution in [0.3, 0.4) is 0 Å². The quantitative estimate of drug-likeness (QED) is 0.662. The summed E-state index contributed by atoms with van der Waals surface area (Å²) in [5.41, 5.74) is 3.77. The minimum atomic E-state index is -1.41. The molecule has 1 aliphatic rings. The molecule has 4 rings (SSSR count). The van der Waals surface area contributed by atoms with Crippen molar-refractivity contribution in [3.63, 3.8) is 0 Å². The largest absolute Gasteiger partial charge is 0.521 e. The fraction of sp³-hybridized carbons (Fsp3) is 0.217. The third-order valence-electron chi connectivity index (χ3n) is 6.40. The Morgan fingerprint density at radius 1 is 0.692 bits per heavy atom. The molecule has 132 valence electrons. The molecule has 0 saturated carbocycles. The molecule has 0 radical (unpaired) electrons. The van der Waals surface area contributed by atoms with Crippen LogP contribution in [0, 0.1) is 0 Å². The van der Waals surface area contributed by atoms with Gasteiger partial charge in [0.25, 0.3) is 0 Å². The highest BCUT2D eigenvalue weighted by Gasteiger charge is 2.57. The van der Waals surface area contributed by atoms with Gasteiger partial charge in [-0.25, -0.2) is 0 Å². The zero-order chi connectivity index (χ0) is 18.2. The summed E-state index contributed by atoms with van der Waals surface area (Å²) in [4.78, 5) is 0. The van der Waals surface area contributed by atoms with E-state index in [9.17, 15) is 0 Å². The predicted molar refractivity (Wildman–Crippen MR) is 110 cm³/mol. The number of likely N-dealkylation sites (N-methyl/N-ethyl adjacent to an activating group) is 1. The van der Waals surface area contributed by atoms with E-state index in [1.165, 1.54) is 16.5 Å². The molecule has 3 aromatic rings. The Hall–Kier alpha value is -2.36. The lowest BCUT2D eigenvalue weighted by atomic mass is 9.39. The minimum absolute atomic E-state index is 0.0617. The average Bonchev–Trinajstić information content (AvgIpc) is 2.91. The normalized spacial score (nSPS) is 23.7. The molecule has 1 fully saturated rings. The van der Waals surface area contributed by atoms with Gasteiger partial charge in [-0.15, -0.1) is 10.9 Å². The van der Waals surface area contributed by atoms with Crippen LogP contribution in [0.15, 0.2) is 91.0 Å². The van der Waals surface area contributed by atoms with E-state index in [1.807, 2.05) is 0 Å². The second-order valence-electron chi connectivity index (χ2n) is 7.90. The summed E-state index contributed by atoms with van der Waals surface area (Å²) in [6, 6.07) is 32.4. The molecule has 1 heterocycles. The molecule has 0 unspecified atom stereocenters. The molecule has 1 aliphatic heterocycles. The van der Waals surface area contributed by atoms with E-state index in [0.29, 0.717) is 6.04 Å². The van der Waals surface area contributed by atoms with Crippen molar-refractivity contribution in [1.29, 1.82) is 0 Å². The van der Waals surface area contributed by atoms with Gasteiger partial charge in [0.1, 0.15) is 0 Å². The number of rotatable bonds is 3. The summed E-state index contributed by atoms with van der Waals surface area (Å²) < 4.78 is 7.87. The highest BCUT2D eigenvalue weighted by Crippen LogP contribution is 2.41. The molecule has 0 aromatic heterocycles. The molecule has 0 N–H and O–H groups in total. The lowest BCUT2D eigenvalue weighted by Gasteiger charge is -2.51. The molecular weight excluding hydrogens is 317 g/mol. The van der Waals surface area contributed by atoms with Crippen LogP contribution in [0.2, 0.25) is 0 Å². The summed E-state index contributed by atoms with van der Waals surface area (Å²) in [5.74, 6) is 0. The Bertz CT molecular complexity index is 825. The van der Waals surface area contributed by atoms with Crippen LogP contribution in [-0.4, -0.2) is 31.0 Å². The first kappa shape index (κ1) is 17.1.